The molecule has 26 heavy (non-hydrogen) atoms. The minimum atomic E-state index is -0.924. The zero-order chi connectivity index (χ0) is 20.3. The smallest absolute Gasteiger partial charge is 0.348 e. The number of carbonyl (C=O) groups is 3. The summed E-state index contributed by atoms with van der Waals surface area (Å²) in [6.45, 7) is 16.4. The number of hydrogen-bond acceptors (Lipinski definition) is 6. The normalized spacial score (nSPS) is 23.3. The maximum atomic E-state index is 12.9. The van der Waals surface area contributed by atoms with Crippen LogP contribution in [0.5, 0.6) is 0 Å². The minimum absolute atomic E-state index is 0.218. The van der Waals surface area contributed by atoms with Crippen LogP contribution >= 0.6 is 0 Å². The van der Waals surface area contributed by atoms with Crippen molar-refractivity contribution in [3.8, 4) is 0 Å². The Morgan fingerprint density at radius 2 is 1.85 bits per heavy atom. The Morgan fingerprint density at radius 1 is 1.27 bits per heavy atom. The highest BCUT2D eigenvalue weighted by Crippen LogP contribution is 2.39. The molecule has 1 heterocycles. The van der Waals surface area contributed by atoms with Crippen LogP contribution in [0.3, 0.4) is 0 Å². The number of rotatable bonds is 8. The minimum Gasteiger partial charge on any atom is -0.462 e. The molecule has 3 atom stereocenters. The van der Waals surface area contributed by atoms with Gasteiger partial charge in [-0.05, 0) is 33.6 Å². The fourth-order valence-corrected chi connectivity index (χ4v) is 2.90. The van der Waals surface area contributed by atoms with Gasteiger partial charge in [-0.25, -0.2) is 9.59 Å². The van der Waals surface area contributed by atoms with Crippen molar-refractivity contribution in [2.75, 3.05) is 6.61 Å². The summed E-state index contributed by atoms with van der Waals surface area (Å²) in [4.78, 5) is 36.8. The Balaban J connectivity index is 2.98. The molecule has 6 heteroatoms. The fourth-order valence-electron chi connectivity index (χ4n) is 2.90. The molecule has 3 unspecified atom stereocenters. The van der Waals surface area contributed by atoms with Crippen LogP contribution in [0.1, 0.15) is 67.7 Å². The van der Waals surface area contributed by atoms with Gasteiger partial charge in [0.05, 0.1) is 5.41 Å². The molecule has 1 fully saturated rings. The van der Waals surface area contributed by atoms with Gasteiger partial charge in [-0.15, -0.1) is 0 Å². The number of esters is 3. The highest BCUT2D eigenvalue weighted by molar-refractivity contribution is 5.87. The molecule has 0 aromatic carbocycles. The molecular weight excluding hydrogens is 336 g/mol. The average molecular weight is 368 g/mol. The highest BCUT2D eigenvalue weighted by Gasteiger charge is 2.50. The number of cyclic esters (lactones) is 1. The van der Waals surface area contributed by atoms with E-state index in [1.807, 2.05) is 27.7 Å². The first-order valence-corrected chi connectivity index (χ1v) is 9.07. The summed E-state index contributed by atoms with van der Waals surface area (Å²) in [5.41, 5.74) is -2.01. The van der Waals surface area contributed by atoms with Crippen LogP contribution in [0.25, 0.3) is 0 Å². The van der Waals surface area contributed by atoms with Gasteiger partial charge in [-0.2, -0.15) is 0 Å². The lowest BCUT2D eigenvalue weighted by Gasteiger charge is -2.37. The Morgan fingerprint density at radius 3 is 2.23 bits per heavy atom. The Kier molecular flexibility index (Phi) is 6.66. The molecule has 0 N–H and O–H groups in total. The van der Waals surface area contributed by atoms with E-state index >= 15 is 0 Å². The first kappa shape index (κ1) is 22.2. The van der Waals surface area contributed by atoms with Gasteiger partial charge in [0.25, 0.3) is 0 Å². The molecule has 0 aliphatic carbocycles. The van der Waals surface area contributed by atoms with E-state index < -0.39 is 40.4 Å². The van der Waals surface area contributed by atoms with E-state index in [0.29, 0.717) is 18.4 Å². The summed E-state index contributed by atoms with van der Waals surface area (Å²) in [5, 5.41) is 0. The second kappa shape index (κ2) is 7.80. The summed E-state index contributed by atoms with van der Waals surface area (Å²) >= 11 is 0. The second-order valence-corrected chi connectivity index (χ2v) is 8.45. The number of carbonyl (C=O) groups excluding carboxylic acids is 3. The third kappa shape index (κ3) is 4.86. The van der Waals surface area contributed by atoms with E-state index in [1.54, 1.807) is 20.8 Å². The zero-order valence-corrected chi connectivity index (χ0v) is 17.1. The van der Waals surface area contributed by atoms with E-state index in [0.717, 1.165) is 0 Å². The van der Waals surface area contributed by atoms with Gasteiger partial charge in [0.2, 0.25) is 6.10 Å². The van der Waals surface area contributed by atoms with Crippen molar-refractivity contribution in [2.24, 2.45) is 10.8 Å². The first-order chi connectivity index (χ1) is 11.8. The third-order valence-corrected chi connectivity index (χ3v) is 5.21. The van der Waals surface area contributed by atoms with Crippen molar-refractivity contribution in [1.29, 1.82) is 0 Å². The SMILES string of the molecule is C=C(C)C(=O)OC(C)(CC)CC(C)(CC)C(=O)OC1C(=O)OCC1(C)C. The number of ether oxygens (including phenoxy) is 3. The molecule has 0 spiro atoms. The van der Waals surface area contributed by atoms with E-state index in [1.165, 1.54) is 0 Å². The van der Waals surface area contributed by atoms with Crippen LogP contribution in [0, 0.1) is 10.8 Å². The average Bonchev–Trinajstić information content (AvgIpc) is 2.81. The lowest BCUT2D eigenvalue weighted by molar-refractivity contribution is -0.177. The summed E-state index contributed by atoms with van der Waals surface area (Å²) in [6.07, 6.45) is 0.374. The molecule has 6 nitrogen and oxygen atoms in total. The molecule has 0 bridgehead atoms. The summed E-state index contributed by atoms with van der Waals surface area (Å²) in [6, 6.07) is 0. The van der Waals surface area contributed by atoms with E-state index in [-0.39, 0.29) is 13.0 Å². The summed E-state index contributed by atoms with van der Waals surface area (Å²) in [5.74, 6) is -1.49. The number of hydrogen-bond donors (Lipinski definition) is 0. The van der Waals surface area contributed by atoms with Crippen molar-refractivity contribution in [3.63, 3.8) is 0 Å². The molecule has 1 saturated heterocycles. The molecule has 1 aliphatic rings. The molecule has 1 rings (SSSR count). The van der Waals surface area contributed by atoms with Crippen LogP contribution in [0.4, 0.5) is 0 Å². The fraction of sp³-hybridized carbons (Fsp3) is 0.750. The van der Waals surface area contributed by atoms with Crippen LogP contribution in [-0.4, -0.2) is 36.2 Å². The molecule has 0 aromatic heterocycles. The van der Waals surface area contributed by atoms with Crippen molar-refractivity contribution in [2.45, 2.75) is 79.4 Å². The molecule has 0 amide bonds. The Hall–Kier alpha value is -1.85. The summed E-state index contributed by atoms with van der Waals surface area (Å²) in [7, 11) is 0. The van der Waals surface area contributed by atoms with Gasteiger partial charge in [-0.1, -0.05) is 34.3 Å². The predicted octanol–water partition coefficient (Wildman–Crippen LogP) is 3.58. The van der Waals surface area contributed by atoms with Crippen molar-refractivity contribution in [1.82, 2.24) is 0 Å². The summed E-state index contributed by atoms with van der Waals surface area (Å²) < 4.78 is 16.2. The van der Waals surface area contributed by atoms with Crippen LogP contribution in [0.15, 0.2) is 12.2 Å². The Labute approximate surface area is 156 Å². The van der Waals surface area contributed by atoms with E-state index in [2.05, 4.69) is 6.58 Å². The standard InChI is InChI=1S/C20H32O6/c1-9-19(7,11-20(8,10-2)26-15(21)13(3)4)17(23)25-14-16(22)24-12-18(14,5)6/h14H,3,9-12H2,1-2,4-8H3. The van der Waals surface area contributed by atoms with Crippen molar-refractivity contribution < 1.29 is 28.6 Å². The molecule has 0 aromatic rings. The van der Waals surface area contributed by atoms with Crippen molar-refractivity contribution >= 4 is 17.9 Å². The van der Waals surface area contributed by atoms with Gasteiger partial charge in [-0.3, -0.25) is 4.79 Å². The lowest BCUT2D eigenvalue weighted by Crippen LogP contribution is -2.44. The largest absolute Gasteiger partial charge is 0.462 e. The van der Waals surface area contributed by atoms with Gasteiger partial charge in [0.1, 0.15) is 12.2 Å². The predicted molar refractivity (Wildman–Crippen MR) is 97.2 cm³/mol. The molecular formula is C20H32O6. The van der Waals surface area contributed by atoms with Crippen molar-refractivity contribution in [3.05, 3.63) is 12.2 Å². The van der Waals surface area contributed by atoms with Gasteiger partial charge in [0, 0.05) is 17.4 Å². The maximum Gasteiger partial charge on any atom is 0.348 e. The molecule has 0 saturated carbocycles. The van der Waals surface area contributed by atoms with Crippen LogP contribution in [-0.2, 0) is 28.6 Å². The third-order valence-electron chi connectivity index (χ3n) is 5.21. The zero-order valence-electron chi connectivity index (χ0n) is 17.1. The molecule has 0 radical (unpaired) electrons. The van der Waals surface area contributed by atoms with Gasteiger partial charge < -0.3 is 14.2 Å². The van der Waals surface area contributed by atoms with Crippen LogP contribution < -0.4 is 0 Å². The quantitative estimate of drug-likeness (QED) is 0.370. The van der Waals surface area contributed by atoms with E-state index in [4.69, 9.17) is 14.2 Å². The first-order valence-electron chi connectivity index (χ1n) is 9.07. The van der Waals surface area contributed by atoms with Gasteiger partial charge in [0.15, 0.2) is 0 Å². The van der Waals surface area contributed by atoms with Crippen LogP contribution in [0.2, 0.25) is 0 Å². The maximum absolute atomic E-state index is 12.9. The molecule has 148 valence electrons. The van der Waals surface area contributed by atoms with Gasteiger partial charge >= 0.3 is 17.9 Å². The molecule has 1 aliphatic heterocycles. The highest BCUT2D eigenvalue weighted by atomic mass is 16.6. The lowest BCUT2D eigenvalue weighted by atomic mass is 9.76. The Bertz CT molecular complexity index is 593. The van der Waals surface area contributed by atoms with E-state index in [9.17, 15) is 14.4 Å². The topological polar surface area (TPSA) is 78.9 Å². The second-order valence-electron chi connectivity index (χ2n) is 8.45. The monoisotopic (exact) mass is 368 g/mol.